The van der Waals surface area contributed by atoms with Crippen LogP contribution in [0.15, 0.2) is 24.3 Å². The van der Waals surface area contributed by atoms with Crippen molar-refractivity contribution in [1.29, 1.82) is 0 Å². The molecule has 1 fully saturated rings. The molecule has 0 bridgehead atoms. The monoisotopic (exact) mass is 341 g/mol. The highest BCUT2D eigenvalue weighted by Gasteiger charge is 2.23. The topological polar surface area (TPSA) is 38.8 Å². The molecule has 1 aliphatic rings. The SMILES string of the molecule is C#CCN(C(=O)C=Cc1ccc(OC)c(OCC)c1)C1CCCCC1. The van der Waals surface area contributed by atoms with E-state index in [-0.39, 0.29) is 11.9 Å². The minimum atomic E-state index is -0.0290. The van der Waals surface area contributed by atoms with Crippen molar-refractivity contribution >= 4 is 12.0 Å². The average Bonchev–Trinajstić information content (AvgIpc) is 2.65. The Balaban J connectivity index is 2.11. The maximum absolute atomic E-state index is 12.6. The average molecular weight is 341 g/mol. The lowest BCUT2D eigenvalue weighted by Crippen LogP contribution is -2.40. The first kappa shape index (κ1) is 18.9. The molecule has 1 aromatic carbocycles. The Kier molecular flexibility index (Phi) is 7.40. The van der Waals surface area contributed by atoms with Gasteiger partial charge in [0, 0.05) is 12.1 Å². The van der Waals surface area contributed by atoms with Crippen LogP contribution in [0.2, 0.25) is 0 Å². The van der Waals surface area contributed by atoms with E-state index in [0.717, 1.165) is 18.4 Å². The first-order valence-electron chi connectivity index (χ1n) is 8.92. The zero-order chi connectivity index (χ0) is 18.1. The molecule has 25 heavy (non-hydrogen) atoms. The number of hydrogen-bond acceptors (Lipinski definition) is 3. The Morgan fingerprint density at radius 2 is 2.08 bits per heavy atom. The summed E-state index contributed by atoms with van der Waals surface area (Å²) in [6.45, 7) is 2.84. The van der Waals surface area contributed by atoms with E-state index in [1.165, 1.54) is 19.3 Å². The summed E-state index contributed by atoms with van der Waals surface area (Å²) in [6, 6.07) is 5.88. The molecule has 1 aliphatic carbocycles. The third-order valence-corrected chi connectivity index (χ3v) is 4.47. The number of carbonyl (C=O) groups is 1. The molecule has 134 valence electrons. The standard InChI is InChI=1S/C21H27NO3/c1-4-15-22(18-9-7-6-8-10-18)21(23)14-12-17-11-13-19(24-3)20(16-17)25-5-2/h1,11-14,16,18H,5-10,15H2,2-3H3. The quantitative estimate of drug-likeness (QED) is 0.558. The number of rotatable bonds is 7. The molecule has 4 heteroatoms. The number of methoxy groups -OCH3 is 1. The van der Waals surface area contributed by atoms with Crippen molar-refractivity contribution in [2.24, 2.45) is 0 Å². The predicted octanol–water partition coefficient (Wildman–Crippen LogP) is 3.90. The van der Waals surface area contributed by atoms with E-state index in [4.69, 9.17) is 15.9 Å². The molecule has 0 N–H and O–H groups in total. The first-order valence-corrected chi connectivity index (χ1v) is 8.92. The molecule has 0 saturated heterocycles. The minimum absolute atomic E-state index is 0.0290. The van der Waals surface area contributed by atoms with Crippen molar-refractivity contribution in [3.63, 3.8) is 0 Å². The summed E-state index contributed by atoms with van der Waals surface area (Å²) >= 11 is 0. The first-order chi connectivity index (χ1) is 12.2. The van der Waals surface area contributed by atoms with Crippen LogP contribution < -0.4 is 9.47 Å². The van der Waals surface area contributed by atoms with Gasteiger partial charge in [-0.05, 0) is 43.5 Å². The normalized spacial score (nSPS) is 14.9. The maximum atomic E-state index is 12.6. The van der Waals surface area contributed by atoms with Gasteiger partial charge >= 0.3 is 0 Å². The van der Waals surface area contributed by atoms with E-state index in [2.05, 4.69) is 5.92 Å². The van der Waals surface area contributed by atoms with E-state index >= 15 is 0 Å². The molecule has 1 saturated carbocycles. The lowest BCUT2D eigenvalue weighted by Gasteiger charge is -2.32. The Morgan fingerprint density at radius 1 is 1.32 bits per heavy atom. The molecule has 0 unspecified atom stereocenters. The summed E-state index contributed by atoms with van der Waals surface area (Å²) in [4.78, 5) is 14.4. The van der Waals surface area contributed by atoms with Gasteiger partial charge in [-0.15, -0.1) is 6.42 Å². The summed E-state index contributed by atoms with van der Waals surface area (Å²) in [7, 11) is 1.61. The van der Waals surface area contributed by atoms with Gasteiger partial charge < -0.3 is 14.4 Å². The van der Waals surface area contributed by atoms with E-state index < -0.39 is 0 Å². The van der Waals surface area contributed by atoms with E-state index in [0.29, 0.717) is 24.7 Å². The Hall–Kier alpha value is -2.41. The number of nitrogens with zero attached hydrogens (tertiary/aromatic N) is 1. The molecule has 0 spiro atoms. The number of terminal acetylenes is 1. The van der Waals surface area contributed by atoms with Gasteiger partial charge in [0.05, 0.1) is 20.3 Å². The van der Waals surface area contributed by atoms with Crippen LogP contribution in [0.5, 0.6) is 11.5 Å². The van der Waals surface area contributed by atoms with E-state index in [1.54, 1.807) is 19.3 Å². The maximum Gasteiger partial charge on any atom is 0.247 e. The highest BCUT2D eigenvalue weighted by Crippen LogP contribution is 2.28. The third-order valence-electron chi connectivity index (χ3n) is 4.47. The van der Waals surface area contributed by atoms with Gasteiger partial charge in [-0.2, -0.15) is 0 Å². The zero-order valence-electron chi connectivity index (χ0n) is 15.2. The van der Waals surface area contributed by atoms with Crippen molar-refractivity contribution in [3.8, 4) is 23.8 Å². The Morgan fingerprint density at radius 3 is 2.72 bits per heavy atom. The molecule has 2 rings (SSSR count). The second-order valence-corrected chi connectivity index (χ2v) is 6.14. The van der Waals surface area contributed by atoms with Crippen molar-refractivity contribution in [3.05, 3.63) is 29.8 Å². The van der Waals surface area contributed by atoms with Crippen LogP contribution >= 0.6 is 0 Å². The van der Waals surface area contributed by atoms with Gasteiger partial charge in [-0.25, -0.2) is 0 Å². The van der Waals surface area contributed by atoms with Gasteiger partial charge in [0.15, 0.2) is 11.5 Å². The van der Waals surface area contributed by atoms with Crippen molar-refractivity contribution in [2.75, 3.05) is 20.3 Å². The number of ether oxygens (including phenoxy) is 2. The summed E-state index contributed by atoms with van der Waals surface area (Å²) in [5.41, 5.74) is 0.891. The summed E-state index contributed by atoms with van der Waals surface area (Å²) in [6.07, 6.45) is 14.5. The van der Waals surface area contributed by atoms with Crippen LogP contribution in [0.4, 0.5) is 0 Å². The fraction of sp³-hybridized carbons (Fsp3) is 0.476. The smallest absolute Gasteiger partial charge is 0.247 e. The zero-order valence-corrected chi connectivity index (χ0v) is 15.2. The molecular weight excluding hydrogens is 314 g/mol. The highest BCUT2D eigenvalue weighted by atomic mass is 16.5. The predicted molar refractivity (Wildman–Crippen MR) is 101 cm³/mol. The number of hydrogen-bond donors (Lipinski definition) is 0. The largest absolute Gasteiger partial charge is 0.493 e. The molecule has 4 nitrogen and oxygen atoms in total. The minimum Gasteiger partial charge on any atom is -0.493 e. The molecule has 0 radical (unpaired) electrons. The van der Waals surface area contributed by atoms with Crippen molar-refractivity contribution in [2.45, 2.75) is 45.1 Å². The van der Waals surface area contributed by atoms with Gasteiger partial charge in [-0.3, -0.25) is 4.79 Å². The van der Waals surface area contributed by atoms with E-state index in [1.807, 2.05) is 30.0 Å². The molecule has 0 atom stereocenters. The summed E-state index contributed by atoms with van der Waals surface area (Å²) < 4.78 is 10.9. The molecule has 0 heterocycles. The van der Waals surface area contributed by atoms with Crippen molar-refractivity contribution < 1.29 is 14.3 Å². The molecule has 0 aromatic heterocycles. The molecule has 1 amide bonds. The van der Waals surface area contributed by atoms with Crippen LogP contribution in [0, 0.1) is 12.3 Å². The molecular formula is C21H27NO3. The van der Waals surface area contributed by atoms with Crippen LogP contribution in [0.25, 0.3) is 6.08 Å². The van der Waals surface area contributed by atoms with Crippen LogP contribution in [0.1, 0.15) is 44.6 Å². The number of benzene rings is 1. The van der Waals surface area contributed by atoms with Crippen LogP contribution in [-0.4, -0.2) is 37.1 Å². The van der Waals surface area contributed by atoms with E-state index in [9.17, 15) is 4.79 Å². The summed E-state index contributed by atoms with van der Waals surface area (Å²) in [5, 5.41) is 0. The second kappa shape index (κ2) is 9.78. The lowest BCUT2D eigenvalue weighted by atomic mass is 9.94. The fourth-order valence-corrected chi connectivity index (χ4v) is 3.21. The fourth-order valence-electron chi connectivity index (χ4n) is 3.21. The third kappa shape index (κ3) is 5.29. The van der Waals surface area contributed by atoms with Crippen LogP contribution in [0.3, 0.4) is 0 Å². The Labute approximate surface area is 150 Å². The van der Waals surface area contributed by atoms with Gasteiger partial charge in [0.2, 0.25) is 5.91 Å². The van der Waals surface area contributed by atoms with Gasteiger partial charge in [0.25, 0.3) is 0 Å². The molecule has 1 aromatic rings. The highest BCUT2D eigenvalue weighted by molar-refractivity contribution is 5.92. The lowest BCUT2D eigenvalue weighted by molar-refractivity contribution is -0.128. The summed E-state index contributed by atoms with van der Waals surface area (Å²) in [5.74, 6) is 3.95. The molecule has 0 aliphatic heterocycles. The van der Waals surface area contributed by atoms with Crippen molar-refractivity contribution in [1.82, 2.24) is 4.90 Å². The van der Waals surface area contributed by atoms with Crippen LogP contribution in [-0.2, 0) is 4.79 Å². The van der Waals surface area contributed by atoms with Gasteiger partial charge in [0.1, 0.15) is 0 Å². The Bertz CT molecular complexity index is 639. The second-order valence-electron chi connectivity index (χ2n) is 6.14. The van der Waals surface area contributed by atoms with Gasteiger partial charge in [-0.1, -0.05) is 31.2 Å². The number of carbonyl (C=O) groups excluding carboxylic acids is 1. The number of amides is 1.